The summed E-state index contributed by atoms with van der Waals surface area (Å²) < 4.78 is 5.41. The van der Waals surface area contributed by atoms with Crippen LogP contribution >= 0.6 is 11.3 Å². The number of hydrogen-bond acceptors (Lipinski definition) is 3. The highest BCUT2D eigenvalue weighted by atomic mass is 32.1. The van der Waals surface area contributed by atoms with Gasteiger partial charge in [-0.15, -0.1) is 11.3 Å². The molecule has 0 unspecified atom stereocenters. The topological polar surface area (TPSA) is 26.3 Å². The van der Waals surface area contributed by atoms with Gasteiger partial charge in [0.05, 0.1) is 10.5 Å². The number of hydrogen-bond donors (Lipinski definition) is 0. The molecule has 78 valence electrons. The molecule has 0 radical (unpaired) electrons. The molecule has 0 aliphatic rings. The van der Waals surface area contributed by atoms with Crippen molar-refractivity contribution in [3.8, 4) is 0 Å². The Morgan fingerprint density at radius 2 is 2.07 bits per heavy atom. The average Bonchev–Trinajstić information content (AvgIpc) is 2.46. The fourth-order valence-electron chi connectivity index (χ4n) is 0.938. The van der Waals surface area contributed by atoms with Crippen LogP contribution in [-0.4, -0.2) is 18.0 Å². The van der Waals surface area contributed by atoms with E-state index in [1.54, 1.807) is 0 Å². The lowest BCUT2D eigenvalue weighted by atomic mass is 10.2. The maximum Gasteiger partial charge on any atom is 0.198 e. The Balaban J connectivity index is 2.52. The first kappa shape index (κ1) is 11.4. The van der Waals surface area contributed by atoms with E-state index in [1.165, 1.54) is 11.3 Å². The van der Waals surface area contributed by atoms with Gasteiger partial charge in [-0.3, -0.25) is 4.79 Å². The minimum Gasteiger partial charge on any atom is -0.368 e. The molecule has 0 aliphatic heterocycles. The Kier molecular flexibility index (Phi) is 3.45. The molecule has 0 bridgehead atoms. The lowest BCUT2D eigenvalue weighted by Gasteiger charge is -2.18. The normalized spacial score (nSPS) is 11.7. The summed E-state index contributed by atoms with van der Waals surface area (Å²) in [5.74, 6) is 0.0676. The molecule has 0 atom stereocenters. The van der Waals surface area contributed by atoms with Crippen LogP contribution in [-0.2, 0) is 4.74 Å². The zero-order valence-corrected chi connectivity index (χ0v) is 9.90. The van der Waals surface area contributed by atoms with E-state index in [4.69, 9.17) is 4.74 Å². The van der Waals surface area contributed by atoms with Gasteiger partial charge in [-0.25, -0.2) is 0 Å². The third-order valence-electron chi connectivity index (χ3n) is 1.65. The van der Waals surface area contributed by atoms with Crippen LogP contribution in [0.2, 0.25) is 0 Å². The van der Waals surface area contributed by atoms with Gasteiger partial charge < -0.3 is 4.74 Å². The number of Topliss-reactive ketones (excluding diaryl/α,β-unsaturated/α-hetero) is 1. The Hall–Kier alpha value is -0.670. The van der Waals surface area contributed by atoms with Gasteiger partial charge in [-0.1, -0.05) is 0 Å². The fraction of sp³-hybridized carbons (Fsp3) is 0.545. The molecule has 0 aromatic carbocycles. The van der Waals surface area contributed by atoms with Gasteiger partial charge in [-0.05, 0) is 39.8 Å². The highest BCUT2D eigenvalue weighted by Crippen LogP contribution is 2.16. The molecule has 0 amide bonds. The van der Waals surface area contributed by atoms with E-state index in [9.17, 15) is 4.79 Å². The molecule has 0 saturated carbocycles. The fourth-order valence-corrected chi connectivity index (χ4v) is 1.73. The number of ketones is 1. The van der Waals surface area contributed by atoms with Crippen LogP contribution in [0.15, 0.2) is 12.1 Å². The van der Waals surface area contributed by atoms with Crippen molar-refractivity contribution in [1.29, 1.82) is 0 Å². The number of rotatable bonds is 3. The molecule has 1 aromatic heterocycles. The second-order valence-electron chi connectivity index (χ2n) is 4.23. The minimum absolute atomic E-state index is 0.0676. The Morgan fingerprint density at radius 3 is 2.50 bits per heavy atom. The monoisotopic (exact) mass is 212 g/mol. The summed E-state index contributed by atoms with van der Waals surface area (Å²) in [6, 6.07) is 3.81. The molecule has 0 saturated heterocycles. The van der Waals surface area contributed by atoms with E-state index < -0.39 is 0 Å². The molecule has 1 heterocycles. The SMILES string of the molecule is Cc1ccc(C(=O)COC(C)(C)C)s1. The van der Waals surface area contributed by atoms with Crippen molar-refractivity contribution >= 4 is 17.1 Å². The number of ether oxygens (including phenoxy) is 1. The maximum atomic E-state index is 11.6. The molecule has 0 N–H and O–H groups in total. The maximum absolute atomic E-state index is 11.6. The molecular weight excluding hydrogens is 196 g/mol. The summed E-state index contributed by atoms with van der Waals surface area (Å²) in [6.45, 7) is 8.00. The van der Waals surface area contributed by atoms with Crippen LogP contribution in [0.1, 0.15) is 35.3 Å². The van der Waals surface area contributed by atoms with Crippen molar-refractivity contribution in [2.24, 2.45) is 0 Å². The molecule has 3 heteroatoms. The molecular formula is C11H16O2S. The van der Waals surface area contributed by atoms with Crippen LogP contribution in [0.4, 0.5) is 0 Å². The Bertz CT molecular complexity index is 320. The summed E-state index contributed by atoms with van der Waals surface area (Å²) in [6.07, 6.45) is 0. The number of carbonyl (C=O) groups excluding carboxylic acids is 1. The third kappa shape index (κ3) is 3.60. The van der Waals surface area contributed by atoms with Crippen molar-refractivity contribution in [3.05, 3.63) is 21.9 Å². The van der Waals surface area contributed by atoms with E-state index in [2.05, 4.69) is 0 Å². The van der Waals surface area contributed by atoms with Gasteiger partial charge in [0.1, 0.15) is 6.61 Å². The van der Waals surface area contributed by atoms with Gasteiger partial charge in [0.25, 0.3) is 0 Å². The minimum atomic E-state index is -0.248. The molecule has 0 aliphatic carbocycles. The summed E-state index contributed by atoms with van der Waals surface area (Å²) >= 11 is 1.52. The quantitative estimate of drug-likeness (QED) is 0.720. The van der Waals surface area contributed by atoms with Crippen LogP contribution in [0.5, 0.6) is 0 Å². The van der Waals surface area contributed by atoms with E-state index in [-0.39, 0.29) is 18.0 Å². The second kappa shape index (κ2) is 4.24. The average molecular weight is 212 g/mol. The van der Waals surface area contributed by atoms with Crippen molar-refractivity contribution in [1.82, 2.24) is 0 Å². The Morgan fingerprint density at radius 1 is 1.43 bits per heavy atom. The number of thiophene rings is 1. The van der Waals surface area contributed by atoms with Crippen LogP contribution < -0.4 is 0 Å². The predicted molar refractivity (Wildman–Crippen MR) is 59.1 cm³/mol. The number of aryl methyl sites for hydroxylation is 1. The first-order chi connectivity index (χ1) is 6.38. The summed E-state index contributed by atoms with van der Waals surface area (Å²) in [5.41, 5.74) is -0.248. The van der Waals surface area contributed by atoms with Crippen molar-refractivity contribution < 1.29 is 9.53 Å². The predicted octanol–water partition coefficient (Wildman–Crippen LogP) is 3.05. The molecule has 0 spiro atoms. The van der Waals surface area contributed by atoms with Crippen LogP contribution in [0, 0.1) is 6.92 Å². The number of carbonyl (C=O) groups is 1. The standard InChI is InChI=1S/C11H16O2S/c1-8-5-6-10(14-8)9(12)7-13-11(2,3)4/h5-6H,7H2,1-4H3. The van der Waals surface area contributed by atoms with Crippen molar-refractivity contribution in [3.63, 3.8) is 0 Å². The van der Waals surface area contributed by atoms with E-state index in [1.807, 2.05) is 39.8 Å². The van der Waals surface area contributed by atoms with Crippen molar-refractivity contribution in [2.45, 2.75) is 33.3 Å². The van der Waals surface area contributed by atoms with Crippen molar-refractivity contribution in [2.75, 3.05) is 6.61 Å². The first-order valence-corrected chi connectivity index (χ1v) is 5.44. The Labute approximate surface area is 88.9 Å². The highest BCUT2D eigenvalue weighted by molar-refractivity contribution is 7.14. The van der Waals surface area contributed by atoms with Gasteiger partial charge >= 0.3 is 0 Å². The molecule has 0 fully saturated rings. The second-order valence-corrected chi connectivity index (χ2v) is 5.52. The molecule has 1 rings (SSSR count). The zero-order valence-electron chi connectivity index (χ0n) is 9.09. The first-order valence-electron chi connectivity index (χ1n) is 4.62. The largest absolute Gasteiger partial charge is 0.368 e. The highest BCUT2D eigenvalue weighted by Gasteiger charge is 2.14. The molecule has 14 heavy (non-hydrogen) atoms. The van der Waals surface area contributed by atoms with E-state index >= 15 is 0 Å². The van der Waals surface area contributed by atoms with E-state index in [0.717, 1.165) is 9.75 Å². The van der Waals surface area contributed by atoms with Crippen LogP contribution in [0.25, 0.3) is 0 Å². The molecule has 1 aromatic rings. The lowest BCUT2D eigenvalue weighted by molar-refractivity contribution is 0.00323. The van der Waals surface area contributed by atoms with Gasteiger partial charge in [0.15, 0.2) is 5.78 Å². The van der Waals surface area contributed by atoms with E-state index in [0.29, 0.717) is 0 Å². The summed E-state index contributed by atoms with van der Waals surface area (Å²) in [4.78, 5) is 13.5. The van der Waals surface area contributed by atoms with Gasteiger partial charge in [0, 0.05) is 4.88 Å². The smallest absolute Gasteiger partial charge is 0.198 e. The summed E-state index contributed by atoms with van der Waals surface area (Å²) in [7, 11) is 0. The third-order valence-corrected chi connectivity index (χ3v) is 2.69. The lowest BCUT2D eigenvalue weighted by Crippen LogP contribution is -2.23. The summed E-state index contributed by atoms with van der Waals surface area (Å²) in [5, 5.41) is 0. The van der Waals surface area contributed by atoms with Crippen LogP contribution in [0.3, 0.4) is 0 Å². The van der Waals surface area contributed by atoms with Gasteiger partial charge in [0.2, 0.25) is 0 Å². The molecule has 2 nitrogen and oxygen atoms in total. The van der Waals surface area contributed by atoms with Gasteiger partial charge in [-0.2, -0.15) is 0 Å². The zero-order chi connectivity index (χ0) is 10.8.